The molecule has 6 nitrogen and oxygen atoms in total. The maximum Gasteiger partial charge on any atom is 0.436 e. The van der Waals surface area contributed by atoms with Crippen LogP contribution in [-0.2, 0) is 0 Å². The maximum absolute atomic E-state index is 10.3. The first-order valence-corrected chi connectivity index (χ1v) is 2.08. The minimum absolute atomic E-state index is 0.306. The third-order valence-electron chi connectivity index (χ3n) is 0.735. The van der Waals surface area contributed by atoms with Crippen LogP contribution in [0.4, 0.5) is 4.79 Å². The highest BCUT2D eigenvalue weighted by molar-refractivity contribution is 5.65. The van der Waals surface area contributed by atoms with Gasteiger partial charge in [-0.25, -0.2) is 9.59 Å². The van der Waals surface area contributed by atoms with Crippen molar-refractivity contribution < 1.29 is 9.90 Å². The van der Waals surface area contributed by atoms with E-state index in [1.165, 1.54) is 0 Å². The third-order valence-corrected chi connectivity index (χ3v) is 0.735. The van der Waals surface area contributed by atoms with E-state index in [1.807, 2.05) is 0 Å². The van der Waals surface area contributed by atoms with Crippen molar-refractivity contribution in [1.29, 1.82) is 0 Å². The van der Waals surface area contributed by atoms with Gasteiger partial charge in [0.15, 0.2) is 0 Å². The Bertz CT molecular complexity index is 272. The van der Waals surface area contributed by atoms with Crippen molar-refractivity contribution in [3.05, 3.63) is 16.8 Å². The Morgan fingerprint density at radius 1 is 1.89 bits per heavy atom. The van der Waals surface area contributed by atoms with Gasteiger partial charge in [-0.2, -0.15) is 0 Å². The summed E-state index contributed by atoms with van der Waals surface area (Å²) in [5, 5.41) is 11.3. The van der Waals surface area contributed by atoms with Crippen LogP contribution in [0.25, 0.3) is 0 Å². The summed E-state index contributed by atoms with van der Waals surface area (Å²) < 4.78 is 0.306. The lowest BCUT2D eigenvalue weighted by molar-refractivity contribution is 0.191. The normalized spacial score (nSPS) is 9.33. The number of aromatic amines is 1. The van der Waals surface area contributed by atoms with Crippen molar-refractivity contribution in [2.75, 3.05) is 0 Å². The van der Waals surface area contributed by atoms with Crippen LogP contribution < -0.4 is 5.69 Å². The van der Waals surface area contributed by atoms with Crippen molar-refractivity contribution in [2.45, 2.75) is 0 Å². The van der Waals surface area contributed by atoms with Gasteiger partial charge in [0.25, 0.3) is 0 Å². The smallest absolute Gasteiger partial charge is 0.436 e. The van der Waals surface area contributed by atoms with E-state index in [0.717, 1.165) is 6.33 Å². The number of hydrogen-bond donors (Lipinski definition) is 2. The lowest BCUT2D eigenvalue weighted by atomic mass is 11.1. The van der Waals surface area contributed by atoms with E-state index in [0.29, 0.717) is 4.68 Å². The molecule has 2 N–H and O–H groups in total. The zero-order valence-electron chi connectivity index (χ0n) is 4.24. The molecular weight excluding hydrogens is 126 g/mol. The number of nitrogens with zero attached hydrogens (tertiary/aromatic N) is 2. The molecule has 1 heterocycles. The molecule has 0 spiro atoms. The van der Waals surface area contributed by atoms with Gasteiger partial charge < -0.3 is 5.11 Å². The molecule has 0 saturated carbocycles. The molecule has 9 heavy (non-hydrogen) atoms. The second-order valence-electron chi connectivity index (χ2n) is 1.29. The fourth-order valence-electron chi connectivity index (χ4n) is 0.392. The molecule has 0 unspecified atom stereocenters. The summed E-state index contributed by atoms with van der Waals surface area (Å²) in [5.41, 5.74) is -0.748. The van der Waals surface area contributed by atoms with E-state index in [2.05, 4.69) is 10.1 Å². The average molecular weight is 129 g/mol. The molecule has 0 fully saturated rings. The van der Waals surface area contributed by atoms with Crippen molar-refractivity contribution in [3.8, 4) is 0 Å². The third kappa shape index (κ3) is 0.809. The molecule has 1 aromatic heterocycles. The monoisotopic (exact) mass is 129 g/mol. The van der Waals surface area contributed by atoms with Gasteiger partial charge in [-0.15, -0.1) is 9.78 Å². The zero-order chi connectivity index (χ0) is 6.85. The van der Waals surface area contributed by atoms with Gasteiger partial charge in [-0.05, 0) is 0 Å². The molecule has 0 aliphatic heterocycles. The molecule has 0 saturated heterocycles. The van der Waals surface area contributed by atoms with Crippen LogP contribution in [0.3, 0.4) is 0 Å². The van der Waals surface area contributed by atoms with Crippen LogP contribution in [-0.4, -0.2) is 26.0 Å². The summed E-state index contributed by atoms with van der Waals surface area (Å²) in [5.74, 6) is 0. The second kappa shape index (κ2) is 1.73. The summed E-state index contributed by atoms with van der Waals surface area (Å²) in [6, 6.07) is 0. The van der Waals surface area contributed by atoms with Gasteiger partial charge in [0.1, 0.15) is 6.33 Å². The van der Waals surface area contributed by atoms with Crippen molar-refractivity contribution in [2.24, 2.45) is 0 Å². The second-order valence-corrected chi connectivity index (χ2v) is 1.29. The zero-order valence-corrected chi connectivity index (χ0v) is 4.24. The lowest BCUT2D eigenvalue weighted by Crippen LogP contribution is -2.24. The number of carbonyl (C=O) groups is 1. The van der Waals surface area contributed by atoms with Crippen LogP contribution in [0.2, 0.25) is 0 Å². The molecule has 48 valence electrons. The molecule has 1 rings (SSSR count). The van der Waals surface area contributed by atoms with Gasteiger partial charge in [0.2, 0.25) is 0 Å². The standard InChI is InChI=1S/C3H3N3O3/c7-2-4-1-5-6(2)3(8)9/h1H,(H,8,9)(H,4,5,7). The Labute approximate surface area is 48.7 Å². The highest BCUT2D eigenvalue weighted by Gasteiger charge is 2.03. The van der Waals surface area contributed by atoms with Crippen LogP contribution >= 0.6 is 0 Å². The molecule has 0 aliphatic carbocycles. The van der Waals surface area contributed by atoms with E-state index >= 15 is 0 Å². The Morgan fingerprint density at radius 3 is 2.78 bits per heavy atom. The lowest BCUT2D eigenvalue weighted by Gasteiger charge is -1.82. The summed E-state index contributed by atoms with van der Waals surface area (Å²) in [4.78, 5) is 22.4. The van der Waals surface area contributed by atoms with Crippen LogP contribution in [0.15, 0.2) is 11.1 Å². The molecular formula is C3H3N3O3. The highest BCUT2D eigenvalue weighted by atomic mass is 16.4. The summed E-state index contributed by atoms with van der Waals surface area (Å²) in [6.07, 6.45) is -0.377. The van der Waals surface area contributed by atoms with E-state index in [4.69, 9.17) is 5.11 Å². The average Bonchev–Trinajstić information content (AvgIpc) is 2.13. The Hall–Kier alpha value is -1.59. The van der Waals surface area contributed by atoms with Gasteiger partial charge in [0.05, 0.1) is 0 Å². The number of rotatable bonds is 0. The first-order valence-electron chi connectivity index (χ1n) is 2.08. The molecule has 0 atom stereocenters. The van der Waals surface area contributed by atoms with Crippen molar-refractivity contribution >= 4 is 6.09 Å². The van der Waals surface area contributed by atoms with Gasteiger partial charge in [-0.3, -0.25) is 4.98 Å². The summed E-state index contributed by atoms with van der Waals surface area (Å²) in [7, 11) is 0. The molecule has 0 amide bonds. The molecule has 1 aromatic rings. The fourth-order valence-corrected chi connectivity index (χ4v) is 0.392. The van der Waals surface area contributed by atoms with Crippen LogP contribution in [0.1, 0.15) is 0 Å². The Morgan fingerprint density at radius 2 is 2.56 bits per heavy atom. The van der Waals surface area contributed by atoms with E-state index in [-0.39, 0.29) is 0 Å². The van der Waals surface area contributed by atoms with Gasteiger partial charge in [0, 0.05) is 0 Å². The Kier molecular flexibility index (Phi) is 1.07. The molecule has 6 heteroatoms. The van der Waals surface area contributed by atoms with Gasteiger partial charge in [-0.1, -0.05) is 0 Å². The molecule has 0 aliphatic rings. The van der Waals surface area contributed by atoms with Crippen LogP contribution in [0, 0.1) is 0 Å². The first-order chi connectivity index (χ1) is 4.22. The summed E-state index contributed by atoms with van der Waals surface area (Å²) >= 11 is 0. The maximum atomic E-state index is 10.3. The largest absolute Gasteiger partial charge is 0.463 e. The summed E-state index contributed by atoms with van der Waals surface area (Å²) in [6.45, 7) is 0. The van der Waals surface area contributed by atoms with Crippen molar-refractivity contribution in [3.63, 3.8) is 0 Å². The molecule has 0 radical (unpaired) electrons. The topological polar surface area (TPSA) is 88.0 Å². The van der Waals surface area contributed by atoms with Crippen LogP contribution in [0.5, 0.6) is 0 Å². The van der Waals surface area contributed by atoms with Gasteiger partial charge >= 0.3 is 11.8 Å². The van der Waals surface area contributed by atoms with E-state index in [9.17, 15) is 9.59 Å². The number of hydrogen-bond acceptors (Lipinski definition) is 3. The highest BCUT2D eigenvalue weighted by Crippen LogP contribution is 1.67. The number of H-pyrrole nitrogens is 1. The quantitative estimate of drug-likeness (QED) is 0.475. The van der Waals surface area contributed by atoms with Crippen molar-refractivity contribution in [1.82, 2.24) is 14.8 Å². The number of carboxylic acid groups (broad SMARTS) is 1. The first kappa shape index (κ1) is 5.54. The minimum atomic E-state index is -1.39. The Balaban J connectivity index is 3.24. The number of aromatic nitrogens is 3. The van der Waals surface area contributed by atoms with E-state index in [1.54, 1.807) is 0 Å². The SMILES string of the molecule is O=C(O)n1nc[nH]c1=O. The predicted octanol–water partition coefficient (Wildman–Crippen LogP) is -0.902. The molecule has 0 aromatic carbocycles. The molecule has 0 bridgehead atoms. The predicted molar refractivity (Wildman–Crippen MR) is 26.3 cm³/mol. The number of nitrogens with one attached hydrogen (secondary N) is 1. The minimum Gasteiger partial charge on any atom is -0.463 e. The fraction of sp³-hybridized carbons (Fsp3) is 0. The van der Waals surface area contributed by atoms with E-state index < -0.39 is 11.8 Å².